The van der Waals surface area contributed by atoms with E-state index in [1.807, 2.05) is 0 Å². The Balaban J connectivity index is 1.68. The summed E-state index contributed by atoms with van der Waals surface area (Å²) in [7, 11) is 0. The van der Waals surface area contributed by atoms with E-state index in [0.29, 0.717) is 12.6 Å². The predicted molar refractivity (Wildman–Crippen MR) is 95.3 cm³/mol. The third-order valence-corrected chi connectivity index (χ3v) is 4.96. The van der Waals surface area contributed by atoms with Crippen LogP contribution in [-0.4, -0.2) is 59.9 Å². The van der Waals surface area contributed by atoms with Crippen molar-refractivity contribution in [1.82, 2.24) is 15.0 Å². The van der Waals surface area contributed by atoms with Crippen molar-refractivity contribution in [2.45, 2.75) is 52.2 Å². The second-order valence-corrected chi connectivity index (χ2v) is 7.91. The number of nitrogens with zero attached hydrogens (tertiary/aromatic N) is 5. The minimum Gasteiger partial charge on any atom is -0.376 e. The van der Waals surface area contributed by atoms with Gasteiger partial charge in [-0.05, 0) is 24.7 Å². The van der Waals surface area contributed by atoms with Crippen molar-refractivity contribution in [2.24, 2.45) is 11.1 Å². The molecule has 2 N–H and O–H groups in total. The van der Waals surface area contributed by atoms with Gasteiger partial charge in [-0.1, -0.05) is 20.8 Å². The number of anilines is 2. The number of hydrogen-bond donors (Lipinski definition) is 1. The predicted octanol–water partition coefficient (Wildman–Crippen LogP) is 1.44. The molecule has 0 bridgehead atoms. The average molecular weight is 334 g/mol. The summed E-state index contributed by atoms with van der Waals surface area (Å²) < 4.78 is 6.04. The third kappa shape index (κ3) is 4.13. The van der Waals surface area contributed by atoms with Gasteiger partial charge in [0.1, 0.15) is 6.33 Å². The molecule has 2 saturated heterocycles. The number of nitrogens with two attached hydrogens (primary N) is 1. The van der Waals surface area contributed by atoms with Gasteiger partial charge >= 0.3 is 0 Å². The van der Waals surface area contributed by atoms with E-state index in [2.05, 4.69) is 40.5 Å². The van der Waals surface area contributed by atoms with Gasteiger partial charge in [0.05, 0.1) is 12.7 Å². The average Bonchev–Trinajstić information content (AvgIpc) is 2.82. The molecule has 2 fully saturated rings. The van der Waals surface area contributed by atoms with Crippen LogP contribution < -0.4 is 15.5 Å². The molecule has 0 aliphatic carbocycles. The maximum absolute atomic E-state index is 6.04. The normalized spacial score (nSPS) is 24.1. The molecule has 0 spiro atoms. The van der Waals surface area contributed by atoms with Crippen LogP contribution in [0, 0.1) is 5.41 Å². The lowest BCUT2D eigenvalue weighted by molar-refractivity contribution is -0.00905. The summed E-state index contributed by atoms with van der Waals surface area (Å²) in [6.45, 7) is 11.0. The Hall–Kier alpha value is -1.47. The fraction of sp³-hybridized carbons (Fsp3) is 0.824. The Morgan fingerprint density at radius 2 is 1.58 bits per heavy atom. The maximum Gasteiger partial charge on any atom is 0.230 e. The third-order valence-electron chi connectivity index (χ3n) is 4.96. The van der Waals surface area contributed by atoms with Gasteiger partial charge in [0.15, 0.2) is 0 Å². The van der Waals surface area contributed by atoms with Gasteiger partial charge in [-0.25, -0.2) is 9.97 Å². The van der Waals surface area contributed by atoms with Crippen LogP contribution in [0.1, 0.15) is 40.0 Å². The molecule has 0 amide bonds. The molecule has 1 aromatic heterocycles. The first-order chi connectivity index (χ1) is 11.4. The summed E-state index contributed by atoms with van der Waals surface area (Å²) >= 11 is 0. The molecule has 2 aliphatic rings. The van der Waals surface area contributed by atoms with E-state index in [1.165, 1.54) is 0 Å². The Morgan fingerprint density at radius 3 is 2.21 bits per heavy atom. The van der Waals surface area contributed by atoms with Crippen LogP contribution in [0.25, 0.3) is 0 Å². The zero-order valence-electron chi connectivity index (χ0n) is 15.1. The van der Waals surface area contributed by atoms with Gasteiger partial charge in [0, 0.05) is 32.2 Å². The van der Waals surface area contributed by atoms with Gasteiger partial charge in [0.25, 0.3) is 0 Å². The largest absolute Gasteiger partial charge is 0.376 e. The highest BCUT2D eigenvalue weighted by Crippen LogP contribution is 2.27. The quantitative estimate of drug-likeness (QED) is 0.876. The highest BCUT2D eigenvalue weighted by atomic mass is 16.5. The highest BCUT2D eigenvalue weighted by Gasteiger charge is 2.29. The molecule has 2 aliphatic heterocycles. The van der Waals surface area contributed by atoms with E-state index >= 15 is 0 Å². The summed E-state index contributed by atoms with van der Waals surface area (Å²) in [5.41, 5.74) is 6.14. The standard InChI is InChI=1S/C17H30N6O/c1-17(2,3)14-6-9-23(10-11-24-14)16-20-12-19-15(21-16)22-7-4-13(18)5-8-22/h12-14H,4-11,18H2,1-3H3. The fourth-order valence-corrected chi connectivity index (χ4v) is 3.34. The van der Waals surface area contributed by atoms with Crippen molar-refractivity contribution >= 4 is 11.9 Å². The van der Waals surface area contributed by atoms with E-state index in [0.717, 1.165) is 57.3 Å². The van der Waals surface area contributed by atoms with E-state index < -0.39 is 0 Å². The van der Waals surface area contributed by atoms with Crippen molar-refractivity contribution in [2.75, 3.05) is 42.6 Å². The number of ether oxygens (including phenoxy) is 1. The van der Waals surface area contributed by atoms with Crippen LogP contribution in [0.15, 0.2) is 6.33 Å². The summed E-state index contributed by atoms with van der Waals surface area (Å²) in [5.74, 6) is 1.53. The minimum atomic E-state index is 0.160. The number of hydrogen-bond acceptors (Lipinski definition) is 7. The molecule has 1 aromatic rings. The van der Waals surface area contributed by atoms with Crippen molar-refractivity contribution in [1.29, 1.82) is 0 Å². The molecule has 0 aromatic carbocycles. The minimum absolute atomic E-state index is 0.160. The van der Waals surface area contributed by atoms with E-state index in [9.17, 15) is 0 Å². The SMILES string of the molecule is CC(C)(C)C1CCN(c2ncnc(N3CCC(N)CC3)n2)CCO1. The molecule has 1 atom stereocenters. The first kappa shape index (κ1) is 17.4. The lowest BCUT2D eigenvalue weighted by Gasteiger charge is -2.30. The van der Waals surface area contributed by atoms with Crippen LogP contribution in [-0.2, 0) is 4.74 Å². The van der Waals surface area contributed by atoms with Crippen LogP contribution >= 0.6 is 0 Å². The first-order valence-electron chi connectivity index (χ1n) is 8.99. The Morgan fingerprint density at radius 1 is 1.00 bits per heavy atom. The van der Waals surface area contributed by atoms with Gasteiger partial charge in [0.2, 0.25) is 11.9 Å². The lowest BCUT2D eigenvalue weighted by atomic mass is 9.87. The summed E-state index contributed by atoms with van der Waals surface area (Å²) in [6, 6.07) is 0.305. The van der Waals surface area contributed by atoms with Crippen molar-refractivity contribution in [3.05, 3.63) is 6.33 Å². The van der Waals surface area contributed by atoms with E-state index in [4.69, 9.17) is 15.5 Å². The molecule has 7 heteroatoms. The summed E-state index contributed by atoms with van der Waals surface area (Å²) in [4.78, 5) is 17.9. The van der Waals surface area contributed by atoms with Gasteiger partial charge < -0.3 is 20.3 Å². The topological polar surface area (TPSA) is 80.4 Å². The summed E-state index contributed by atoms with van der Waals surface area (Å²) in [6.07, 6.45) is 4.87. The second-order valence-electron chi connectivity index (χ2n) is 7.91. The Labute approximate surface area is 144 Å². The molecule has 3 heterocycles. The number of aromatic nitrogens is 3. The van der Waals surface area contributed by atoms with E-state index in [1.54, 1.807) is 6.33 Å². The molecular formula is C17H30N6O. The fourth-order valence-electron chi connectivity index (χ4n) is 3.34. The van der Waals surface area contributed by atoms with Crippen LogP contribution in [0.3, 0.4) is 0 Å². The molecule has 0 saturated carbocycles. The smallest absolute Gasteiger partial charge is 0.230 e. The molecule has 3 rings (SSSR count). The van der Waals surface area contributed by atoms with Crippen LogP contribution in [0.5, 0.6) is 0 Å². The zero-order chi connectivity index (χ0) is 17.2. The molecular weight excluding hydrogens is 304 g/mol. The second kappa shape index (κ2) is 7.19. The van der Waals surface area contributed by atoms with Crippen LogP contribution in [0.4, 0.5) is 11.9 Å². The molecule has 7 nitrogen and oxygen atoms in total. The van der Waals surface area contributed by atoms with Crippen LogP contribution in [0.2, 0.25) is 0 Å². The monoisotopic (exact) mass is 334 g/mol. The van der Waals surface area contributed by atoms with Crippen molar-refractivity contribution in [3.8, 4) is 0 Å². The Bertz CT molecular complexity index is 538. The summed E-state index contributed by atoms with van der Waals surface area (Å²) in [5, 5.41) is 0. The van der Waals surface area contributed by atoms with Crippen molar-refractivity contribution < 1.29 is 4.74 Å². The molecule has 24 heavy (non-hydrogen) atoms. The number of rotatable bonds is 2. The maximum atomic E-state index is 6.04. The van der Waals surface area contributed by atoms with Gasteiger partial charge in [-0.15, -0.1) is 0 Å². The zero-order valence-corrected chi connectivity index (χ0v) is 15.1. The first-order valence-corrected chi connectivity index (χ1v) is 8.99. The lowest BCUT2D eigenvalue weighted by Crippen LogP contribution is -2.40. The molecule has 0 radical (unpaired) electrons. The van der Waals surface area contributed by atoms with Gasteiger partial charge in [-0.2, -0.15) is 4.98 Å². The Kier molecular flexibility index (Phi) is 5.20. The van der Waals surface area contributed by atoms with E-state index in [-0.39, 0.29) is 11.5 Å². The molecule has 134 valence electrons. The van der Waals surface area contributed by atoms with Gasteiger partial charge in [-0.3, -0.25) is 0 Å². The molecule has 1 unspecified atom stereocenters. The highest BCUT2D eigenvalue weighted by molar-refractivity contribution is 5.38. The van der Waals surface area contributed by atoms with Crippen molar-refractivity contribution in [3.63, 3.8) is 0 Å². The number of piperidine rings is 1.